The molecule has 0 aliphatic rings. The highest BCUT2D eigenvalue weighted by Gasteiger charge is 2.26. The van der Waals surface area contributed by atoms with Gasteiger partial charge in [-0.2, -0.15) is 0 Å². The summed E-state index contributed by atoms with van der Waals surface area (Å²) in [5.74, 6) is -1.67. The van der Waals surface area contributed by atoms with Crippen molar-refractivity contribution in [2.24, 2.45) is 5.73 Å². The molecule has 2 rings (SSSR count). The molecule has 132 valence electrons. The van der Waals surface area contributed by atoms with Gasteiger partial charge in [0.05, 0.1) is 16.5 Å². The molecule has 8 heteroatoms. The van der Waals surface area contributed by atoms with E-state index in [4.69, 9.17) is 10.5 Å². The van der Waals surface area contributed by atoms with E-state index in [0.29, 0.717) is 5.56 Å². The lowest BCUT2D eigenvalue weighted by molar-refractivity contribution is -0.111. The monoisotopic (exact) mass is 378 g/mol. The first kappa shape index (κ1) is 18.9. The number of hydrogen-bond acceptors (Lipinski definition) is 6. The number of primary amides is 1. The first-order chi connectivity index (χ1) is 11.8. The SMILES string of the molecule is Cc1c(C(N)=O)sc(NC(=O)/C=C/c2cccs2)c1C(=O)OC(C)C. The molecule has 0 atom stereocenters. The van der Waals surface area contributed by atoms with E-state index in [-0.39, 0.29) is 21.5 Å². The molecule has 0 fully saturated rings. The maximum atomic E-state index is 12.3. The molecular weight excluding hydrogens is 360 g/mol. The van der Waals surface area contributed by atoms with Crippen molar-refractivity contribution in [2.45, 2.75) is 26.9 Å². The van der Waals surface area contributed by atoms with Gasteiger partial charge in [-0.25, -0.2) is 4.79 Å². The Hall–Kier alpha value is -2.45. The summed E-state index contributed by atoms with van der Waals surface area (Å²) in [6.45, 7) is 5.04. The van der Waals surface area contributed by atoms with Crippen molar-refractivity contribution in [3.05, 3.63) is 44.5 Å². The molecule has 25 heavy (non-hydrogen) atoms. The van der Waals surface area contributed by atoms with Gasteiger partial charge in [-0.15, -0.1) is 22.7 Å². The second-order valence-electron chi connectivity index (χ2n) is 5.42. The van der Waals surface area contributed by atoms with Crippen LogP contribution in [0.4, 0.5) is 5.00 Å². The number of carbonyl (C=O) groups excluding carboxylic acids is 3. The third-order valence-corrected chi connectivity index (χ3v) is 5.16. The second kappa shape index (κ2) is 8.09. The van der Waals surface area contributed by atoms with E-state index in [1.165, 1.54) is 17.4 Å². The molecule has 0 aliphatic carbocycles. The Morgan fingerprint density at radius 1 is 1.32 bits per heavy atom. The number of hydrogen-bond donors (Lipinski definition) is 2. The molecular formula is C17H18N2O4S2. The van der Waals surface area contributed by atoms with Gasteiger partial charge in [0.25, 0.3) is 5.91 Å². The summed E-state index contributed by atoms with van der Waals surface area (Å²) in [5.41, 5.74) is 5.91. The van der Waals surface area contributed by atoms with Crippen LogP contribution in [0.5, 0.6) is 0 Å². The fourth-order valence-corrected chi connectivity index (χ4v) is 3.72. The number of ether oxygens (including phenoxy) is 1. The highest BCUT2D eigenvalue weighted by Crippen LogP contribution is 2.33. The van der Waals surface area contributed by atoms with Crippen molar-refractivity contribution in [3.8, 4) is 0 Å². The van der Waals surface area contributed by atoms with E-state index in [1.807, 2.05) is 17.5 Å². The molecule has 3 N–H and O–H groups in total. The summed E-state index contributed by atoms with van der Waals surface area (Å²) in [6.07, 6.45) is 2.70. The van der Waals surface area contributed by atoms with E-state index >= 15 is 0 Å². The lowest BCUT2D eigenvalue weighted by atomic mass is 10.1. The van der Waals surface area contributed by atoms with Crippen LogP contribution in [0.1, 0.15) is 44.3 Å². The Morgan fingerprint density at radius 2 is 2.04 bits per heavy atom. The molecule has 2 aromatic heterocycles. The standard InChI is InChI=1S/C17H18N2O4S2/c1-9(2)23-17(22)13-10(3)14(15(18)21)25-16(13)19-12(20)7-6-11-5-4-8-24-11/h4-9H,1-3H3,(H2,18,21)(H,19,20)/b7-6+. The van der Waals surface area contributed by atoms with Gasteiger partial charge in [-0.3, -0.25) is 9.59 Å². The van der Waals surface area contributed by atoms with Gasteiger partial charge in [0.2, 0.25) is 5.91 Å². The quantitative estimate of drug-likeness (QED) is 0.594. The summed E-state index contributed by atoms with van der Waals surface area (Å²) in [4.78, 5) is 37.2. The van der Waals surface area contributed by atoms with Crippen molar-refractivity contribution in [2.75, 3.05) is 5.32 Å². The number of esters is 1. The molecule has 0 radical (unpaired) electrons. The number of thiophene rings is 2. The van der Waals surface area contributed by atoms with Crippen LogP contribution in [0.2, 0.25) is 0 Å². The molecule has 0 aliphatic heterocycles. The number of anilines is 1. The molecule has 0 aromatic carbocycles. The average molecular weight is 378 g/mol. The predicted octanol–water partition coefficient (Wildman–Crippen LogP) is 3.43. The number of rotatable bonds is 6. The van der Waals surface area contributed by atoms with Gasteiger partial charge >= 0.3 is 5.97 Å². The number of carbonyl (C=O) groups is 3. The van der Waals surface area contributed by atoms with Crippen LogP contribution in [0.3, 0.4) is 0 Å². The molecule has 0 bridgehead atoms. The highest BCUT2D eigenvalue weighted by molar-refractivity contribution is 7.18. The normalized spacial score (nSPS) is 11.0. The van der Waals surface area contributed by atoms with E-state index in [9.17, 15) is 14.4 Å². The first-order valence-corrected chi connectivity index (χ1v) is 9.16. The van der Waals surface area contributed by atoms with Crippen LogP contribution in [-0.2, 0) is 9.53 Å². The molecule has 0 saturated carbocycles. The molecule has 0 saturated heterocycles. The average Bonchev–Trinajstić information content (AvgIpc) is 3.12. The summed E-state index contributed by atoms with van der Waals surface area (Å²) >= 11 is 2.46. The zero-order valence-electron chi connectivity index (χ0n) is 14.0. The minimum absolute atomic E-state index is 0.158. The summed E-state index contributed by atoms with van der Waals surface area (Å²) < 4.78 is 5.20. The minimum atomic E-state index is -0.657. The van der Waals surface area contributed by atoms with Gasteiger partial charge in [0, 0.05) is 11.0 Å². The molecule has 2 heterocycles. The van der Waals surface area contributed by atoms with Crippen LogP contribution in [0.15, 0.2) is 23.6 Å². The number of amides is 2. The largest absolute Gasteiger partial charge is 0.459 e. The molecule has 6 nitrogen and oxygen atoms in total. The van der Waals surface area contributed by atoms with Crippen LogP contribution < -0.4 is 11.1 Å². The van der Waals surface area contributed by atoms with Crippen molar-refractivity contribution in [3.63, 3.8) is 0 Å². The van der Waals surface area contributed by atoms with Crippen molar-refractivity contribution in [1.29, 1.82) is 0 Å². The van der Waals surface area contributed by atoms with Crippen molar-refractivity contribution in [1.82, 2.24) is 0 Å². The van der Waals surface area contributed by atoms with E-state index in [2.05, 4.69) is 5.32 Å². The van der Waals surface area contributed by atoms with Crippen LogP contribution >= 0.6 is 22.7 Å². The fourth-order valence-electron chi connectivity index (χ4n) is 2.05. The summed E-state index contributed by atoms with van der Waals surface area (Å²) in [6, 6.07) is 3.75. The zero-order valence-corrected chi connectivity index (χ0v) is 15.6. The molecule has 0 spiro atoms. The lowest BCUT2D eigenvalue weighted by Crippen LogP contribution is -2.16. The van der Waals surface area contributed by atoms with Gasteiger partial charge < -0.3 is 15.8 Å². The molecule has 2 amide bonds. The van der Waals surface area contributed by atoms with Gasteiger partial charge in [-0.1, -0.05) is 6.07 Å². The van der Waals surface area contributed by atoms with E-state index in [0.717, 1.165) is 16.2 Å². The Bertz CT molecular complexity index is 820. The Labute approximate surface area is 153 Å². The maximum absolute atomic E-state index is 12.3. The summed E-state index contributed by atoms with van der Waals surface area (Å²) in [5, 5.41) is 4.78. The predicted molar refractivity (Wildman–Crippen MR) is 100 cm³/mol. The first-order valence-electron chi connectivity index (χ1n) is 7.46. The third-order valence-electron chi connectivity index (χ3n) is 3.10. The van der Waals surface area contributed by atoms with Crippen LogP contribution in [-0.4, -0.2) is 23.9 Å². The smallest absolute Gasteiger partial charge is 0.341 e. The summed E-state index contributed by atoms with van der Waals surface area (Å²) in [7, 11) is 0. The highest BCUT2D eigenvalue weighted by atomic mass is 32.1. The molecule has 0 unspecified atom stereocenters. The number of nitrogens with one attached hydrogen (secondary N) is 1. The topological polar surface area (TPSA) is 98.5 Å². The minimum Gasteiger partial charge on any atom is -0.459 e. The Morgan fingerprint density at radius 3 is 2.60 bits per heavy atom. The zero-order chi connectivity index (χ0) is 18.6. The molecule has 2 aromatic rings. The van der Waals surface area contributed by atoms with Crippen molar-refractivity contribution >= 4 is 51.5 Å². The van der Waals surface area contributed by atoms with Gasteiger partial charge in [-0.05, 0) is 43.9 Å². The number of nitrogens with two attached hydrogens (primary N) is 1. The van der Waals surface area contributed by atoms with E-state index in [1.54, 1.807) is 26.8 Å². The Balaban J connectivity index is 2.29. The maximum Gasteiger partial charge on any atom is 0.341 e. The Kier molecular flexibility index (Phi) is 6.11. The second-order valence-corrected chi connectivity index (χ2v) is 7.42. The van der Waals surface area contributed by atoms with Crippen molar-refractivity contribution < 1.29 is 19.1 Å². The van der Waals surface area contributed by atoms with Gasteiger partial charge in [0.15, 0.2) is 0 Å². The third kappa shape index (κ3) is 4.77. The fraction of sp³-hybridized carbons (Fsp3) is 0.235. The van der Waals surface area contributed by atoms with Crippen LogP contribution in [0.25, 0.3) is 6.08 Å². The van der Waals surface area contributed by atoms with Crippen LogP contribution in [0, 0.1) is 6.92 Å². The van der Waals surface area contributed by atoms with E-state index < -0.39 is 17.8 Å². The van der Waals surface area contributed by atoms with Gasteiger partial charge in [0.1, 0.15) is 5.00 Å². The lowest BCUT2D eigenvalue weighted by Gasteiger charge is -2.09.